The van der Waals surface area contributed by atoms with Crippen molar-refractivity contribution in [3.8, 4) is 12.3 Å². The zero-order chi connectivity index (χ0) is 9.14. The minimum absolute atomic E-state index is 0.206. The Labute approximate surface area is 76.4 Å². The highest BCUT2D eigenvalue weighted by atomic mass is 35.5. The number of hydrogen-bond donors (Lipinski definition) is 0. The number of hydrogen-bond acceptors (Lipinski definition) is 0. The summed E-state index contributed by atoms with van der Waals surface area (Å²) in [5, 5.41) is 0.389. The highest BCUT2D eigenvalue weighted by molar-refractivity contribution is 6.30. The smallest absolute Gasteiger partial charge is 0.129 e. The van der Waals surface area contributed by atoms with Crippen LogP contribution in [0.25, 0.3) is 0 Å². The maximum Gasteiger partial charge on any atom is 0.129 e. The van der Waals surface area contributed by atoms with E-state index in [1.807, 2.05) is 0 Å². The van der Waals surface area contributed by atoms with Crippen LogP contribution in [0.15, 0.2) is 18.2 Å². The summed E-state index contributed by atoms with van der Waals surface area (Å²) >= 11 is 5.57. The molecule has 0 nitrogen and oxygen atoms in total. The second-order valence-electron chi connectivity index (χ2n) is 2.55. The molecule has 12 heavy (non-hydrogen) atoms. The van der Waals surface area contributed by atoms with Crippen LogP contribution in [0, 0.1) is 18.2 Å². The summed E-state index contributed by atoms with van der Waals surface area (Å²) in [7, 11) is 0. The summed E-state index contributed by atoms with van der Waals surface area (Å²) in [6, 6.07) is 4.51. The van der Waals surface area contributed by atoms with Crippen LogP contribution in [0.1, 0.15) is 18.4 Å². The van der Waals surface area contributed by atoms with Crippen molar-refractivity contribution >= 4 is 11.6 Å². The average Bonchev–Trinajstić information content (AvgIpc) is 2.03. The van der Waals surface area contributed by atoms with Crippen molar-refractivity contribution in [3.63, 3.8) is 0 Å². The first kappa shape index (κ1) is 9.09. The molecule has 0 aliphatic rings. The molecule has 62 valence electrons. The third kappa shape index (κ3) is 1.78. The first-order chi connectivity index (χ1) is 5.65. The minimum atomic E-state index is -0.340. The van der Waals surface area contributed by atoms with E-state index in [1.54, 1.807) is 19.1 Å². The summed E-state index contributed by atoms with van der Waals surface area (Å²) < 4.78 is 13.1. The quantitative estimate of drug-likeness (QED) is 0.585. The Bertz CT molecular complexity index is 325. The molecule has 0 N–H and O–H groups in total. The van der Waals surface area contributed by atoms with Crippen molar-refractivity contribution in [1.82, 2.24) is 0 Å². The van der Waals surface area contributed by atoms with Crippen molar-refractivity contribution in [2.75, 3.05) is 0 Å². The van der Waals surface area contributed by atoms with Crippen molar-refractivity contribution in [2.45, 2.75) is 12.8 Å². The van der Waals surface area contributed by atoms with E-state index in [0.29, 0.717) is 10.6 Å². The Morgan fingerprint density at radius 1 is 1.58 bits per heavy atom. The lowest BCUT2D eigenvalue weighted by Crippen LogP contribution is -1.93. The van der Waals surface area contributed by atoms with Gasteiger partial charge in [0.15, 0.2) is 0 Å². The van der Waals surface area contributed by atoms with Gasteiger partial charge in [-0.2, -0.15) is 0 Å². The van der Waals surface area contributed by atoms with Crippen LogP contribution >= 0.6 is 11.6 Å². The van der Waals surface area contributed by atoms with Gasteiger partial charge in [0.2, 0.25) is 0 Å². The van der Waals surface area contributed by atoms with Gasteiger partial charge >= 0.3 is 0 Å². The Kier molecular flexibility index (Phi) is 2.73. The first-order valence-corrected chi connectivity index (χ1v) is 3.94. The third-order valence-electron chi connectivity index (χ3n) is 1.68. The molecule has 0 saturated heterocycles. The lowest BCUT2D eigenvalue weighted by molar-refractivity contribution is 0.607. The Hall–Kier alpha value is -1.00. The summed E-state index contributed by atoms with van der Waals surface area (Å²) in [5.74, 6) is 1.91. The van der Waals surface area contributed by atoms with Crippen LogP contribution in [-0.2, 0) is 0 Å². The van der Waals surface area contributed by atoms with E-state index in [0.717, 1.165) is 0 Å². The largest absolute Gasteiger partial charge is 0.207 e. The third-order valence-corrected chi connectivity index (χ3v) is 1.91. The van der Waals surface area contributed by atoms with Crippen LogP contribution in [0.4, 0.5) is 4.39 Å². The van der Waals surface area contributed by atoms with Crippen molar-refractivity contribution in [2.24, 2.45) is 0 Å². The molecule has 0 bridgehead atoms. The highest BCUT2D eigenvalue weighted by Crippen LogP contribution is 2.21. The molecule has 0 radical (unpaired) electrons. The molecular weight excluding hydrogens is 175 g/mol. The van der Waals surface area contributed by atoms with Crippen LogP contribution in [-0.4, -0.2) is 0 Å². The zero-order valence-electron chi connectivity index (χ0n) is 6.64. The Balaban J connectivity index is 3.11. The molecule has 0 heterocycles. The lowest BCUT2D eigenvalue weighted by Gasteiger charge is -2.05. The Morgan fingerprint density at radius 3 is 2.75 bits per heavy atom. The second-order valence-corrected chi connectivity index (χ2v) is 2.99. The molecule has 0 aliphatic carbocycles. The molecule has 2 heteroatoms. The minimum Gasteiger partial charge on any atom is -0.207 e. The second kappa shape index (κ2) is 3.60. The van der Waals surface area contributed by atoms with Crippen LogP contribution < -0.4 is 0 Å². The molecule has 0 aromatic heterocycles. The van der Waals surface area contributed by atoms with E-state index >= 15 is 0 Å². The molecular formula is C10H8ClF. The molecule has 1 rings (SSSR count). The maximum absolute atomic E-state index is 13.1. The fourth-order valence-corrected chi connectivity index (χ4v) is 1.10. The molecule has 1 atom stereocenters. The normalized spacial score (nSPS) is 12.2. The SMILES string of the molecule is C#CC(C)c1ccc(Cl)cc1F. The topological polar surface area (TPSA) is 0 Å². The average molecular weight is 183 g/mol. The van der Waals surface area contributed by atoms with Gasteiger partial charge in [-0.15, -0.1) is 6.42 Å². The van der Waals surface area contributed by atoms with Crippen LogP contribution in [0.3, 0.4) is 0 Å². The van der Waals surface area contributed by atoms with Crippen molar-refractivity contribution in [1.29, 1.82) is 0 Å². The molecule has 0 fully saturated rings. The van der Waals surface area contributed by atoms with Gasteiger partial charge in [0, 0.05) is 16.5 Å². The van der Waals surface area contributed by atoms with Gasteiger partial charge in [-0.1, -0.05) is 23.6 Å². The van der Waals surface area contributed by atoms with Crippen LogP contribution in [0.2, 0.25) is 5.02 Å². The van der Waals surface area contributed by atoms with Gasteiger partial charge in [0.1, 0.15) is 5.82 Å². The molecule has 1 aromatic carbocycles. The number of terminal acetylenes is 1. The molecule has 1 unspecified atom stereocenters. The predicted octanol–water partition coefficient (Wildman–Crippen LogP) is 3.22. The van der Waals surface area contributed by atoms with Gasteiger partial charge in [-0.3, -0.25) is 0 Å². The molecule has 1 aromatic rings. The lowest BCUT2D eigenvalue weighted by atomic mass is 10.0. The number of halogens is 2. The van der Waals surface area contributed by atoms with Crippen molar-refractivity contribution < 1.29 is 4.39 Å². The monoisotopic (exact) mass is 182 g/mol. The molecule has 0 saturated carbocycles. The van der Waals surface area contributed by atoms with Gasteiger partial charge in [-0.05, 0) is 19.1 Å². The predicted molar refractivity (Wildman–Crippen MR) is 48.7 cm³/mol. The van der Waals surface area contributed by atoms with Crippen molar-refractivity contribution in [3.05, 3.63) is 34.6 Å². The van der Waals surface area contributed by atoms with Gasteiger partial charge in [0.05, 0.1) is 0 Å². The van der Waals surface area contributed by atoms with E-state index in [4.69, 9.17) is 18.0 Å². The maximum atomic E-state index is 13.1. The van der Waals surface area contributed by atoms with E-state index in [1.165, 1.54) is 6.07 Å². The molecule has 0 amide bonds. The van der Waals surface area contributed by atoms with E-state index in [9.17, 15) is 4.39 Å². The summed E-state index contributed by atoms with van der Waals surface area (Å²) in [4.78, 5) is 0. The molecule has 0 spiro atoms. The number of benzene rings is 1. The highest BCUT2D eigenvalue weighted by Gasteiger charge is 2.07. The fraction of sp³-hybridized carbons (Fsp3) is 0.200. The van der Waals surface area contributed by atoms with Gasteiger partial charge in [-0.25, -0.2) is 4.39 Å². The summed E-state index contributed by atoms with van der Waals surface area (Å²) in [6.45, 7) is 1.77. The van der Waals surface area contributed by atoms with Crippen LogP contribution in [0.5, 0.6) is 0 Å². The molecule has 0 aliphatic heterocycles. The van der Waals surface area contributed by atoms with E-state index in [-0.39, 0.29) is 11.7 Å². The first-order valence-electron chi connectivity index (χ1n) is 3.56. The van der Waals surface area contributed by atoms with Gasteiger partial charge in [0.25, 0.3) is 0 Å². The standard InChI is InChI=1S/C10H8ClF/c1-3-7(2)9-5-4-8(11)6-10(9)12/h1,4-7H,2H3. The van der Waals surface area contributed by atoms with Gasteiger partial charge < -0.3 is 0 Å². The summed E-state index contributed by atoms with van der Waals surface area (Å²) in [5.41, 5.74) is 0.516. The Morgan fingerprint density at radius 2 is 2.25 bits per heavy atom. The van der Waals surface area contributed by atoms with E-state index in [2.05, 4.69) is 5.92 Å². The summed E-state index contributed by atoms with van der Waals surface area (Å²) in [6.07, 6.45) is 5.16. The fourth-order valence-electron chi connectivity index (χ4n) is 0.942. The van der Waals surface area contributed by atoms with E-state index < -0.39 is 0 Å². The zero-order valence-corrected chi connectivity index (χ0v) is 7.40. The number of rotatable bonds is 1.